The van der Waals surface area contributed by atoms with Crippen molar-refractivity contribution in [2.45, 2.75) is 33.2 Å². The molecule has 3 heteroatoms. The van der Waals surface area contributed by atoms with Gasteiger partial charge in [0.2, 0.25) is 0 Å². The first-order valence-electron chi connectivity index (χ1n) is 7.33. The minimum Gasteiger partial charge on any atom is -0.494 e. The smallest absolute Gasteiger partial charge is 0.125 e. The maximum absolute atomic E-state index is 5.89. The van der Waals surface area contributed by atoms with E-state index in [1.54, 1.807) is 0 Å². The van der Waals surface area contributed by atoms with Crippen LogP contribution in [0.5, 0.6) is 5.75 Å². The zero-order valence-electron chi connectivity index (χ0n) is 12.5. The number of nitrogens with one attached hydrogen (secondary N) is 1. The largest absolute Gasteiger partial charge is 0.494 e. The first-order valence-corrected chi connectivity index (χ1v) is 7.33. The summed E-state index contributed by atoms with van der Waals surface area (Å²) in [4.78, 5) is 0. The van der Waals surface area contributed by atoms with Crippen molar-refractivity contribution in [1.82, 2.24) is 5.32 Å². The van der Waals surface area contributed by atoms with Gasteiger partial charge in [-0.1, -0.05) is 26.0 Å². The number of hydrogen-bond donors (Lipinski definition) is 1. The Labute approximate surface area is 121 Å². The highest BCUT2D eigenvalue weighted by atomic mass is 16.5. The molecule has 0 saturated heterocycles. The number of furan rings is 1. The van der Waals surface area contributed by atoms with Gasteiger partial charge >= 0.3 is 0 Å². The minimum atomic E-state index is 0.0935. The van der Waals surface area contributed by atoms with Gasteiger partial charge in [-0.15, -0.1) is 0 Å². The van der Waals surface area contributed by atoms with E-state index in [9.17, 15) is 0 Å². The third kappa shape index (κ3) is 3.42. The predicted octanol–water partition coefficient (Wildman–Crippen LogP) is 3.94. The first kappa shape index (κ1) is 14.7. The normalized spacial score (nSPS) is 12.3. The fourth-order valence-corrected chi connectivity index (χ4v) is 2.25. The molecule has 1 heterocycles. The molecule has 0 radical (unpaired) electrons. The van der Waals surface area contributed by atoms with Crippen molar-refractivity contribution in [2.24, 2.45) is 0 Å². The second-order valence-electron chi connectivity index (χ2n) is 4.65. The Morgan fingerprint density at radius 1 is 1.05 bits per heavy atom. The van der Waals surface area contributed by atoms with Gasteiger partial charge in [-0.2, -0.15) is 0 Å². The monoisotopic (exact) mass is 273 g/mol. The van der Waals surface area contributed by atoms with Gasteiger partial charge < -0.3 is 14.5 Å². The highest BCUT2D eigenvalue weighted by Crippen LogP contribution is 2.26. The molecule has 1 atom stereocenters. The van der Waals surface area contributed by atoms with Crippen LogP contribution >= 0.6 is 0 Å². The van der Waals surface area contributed by atoms with Gasteiger partial charge in [0.1, 0.15) is 17.3 Å². The number of aryl methyl sites for hydroxylation is 1. The molecule has 2 aromatic rings. The van der Waals surface area contributed by atoms with Crippen molar-refractivity contribution in [1.29, 1.82) is 0 Å². The highest BCUT2D eigenvalue weighted by Gasteiger charge is 2.16. The lowest BCUT2D eigenvalue weighted by Gasteiger charge is -2.16. The first-order chi connectivity index (χ1) is 9.78. The number of benzene rings is 1. The summed E-state index contributed by atoms with van der Waals surface area (Å²) < 4.78 is 11.4. The summed E-state index contributed by atoms with van der Waals surface area (Å²) in [5.41, 5.74) is 1.19. The Kier molecular flexibility index (Phi) is 5.24. The molecule has 1 N–H and O–H groups in total. The molecule has 1 aromatic heterocycles. The fourth-order valence-electron chi connectivity index (χ4n) is 2.25. The van der Waals surface area contributed by atoms with Crippen LogP contribution in [0.3, 0.4) is 0 Å². The average Bonchev–Trinajstić information content (AvgIpc) is 2.95. The van der Waals surface area contributed by atoms with Crippen LogP contribution in [0, 0.1) is 0 Å². The van der Waals surface area contributed by atoms with Crippen LogP contribution in [0.2, 0.25) is 0 Å². The molecule has 108 valence electrons. The Balaban J connectivity index is 2.23. The fraction of sp³-hybridized carbons (Fsp3) is 0.412. The second kappa shape index (κ2) is 7.15. The van der Waals surface area contributed by atoms with Gasteiger partial charge in [0.25, 0.3) is 0 Å². The lowest BCUT2D eigenvalue weighted by Crippen LogP contribution is -2.21. The predicted molar refractivity (Wildman–Crippen MR) is 81.2 cm³/mol. The summed E-state index contributed by atoms with van der Waals surface area (Å²) in [7, 11) is 0. The van der Waals surface area contributed by atoms with Crippen molar-refractivity contribution in [3.8, 4) is 5.75 Å². The molecule has 0 spiro atoms. The van der Waals surface area contributed by atoms with Gasteiger partial charge in [-0.25, -0.2) is 0 Å². The Bertz CT molecular complexity index is 516. The van der Waals surface area contributed by atoms with Crippen LogP contribution in [-0.2, 0) is 6.42 Å². The molecule has 3 nitrogen and oxygen atoms in total. The van der Waals surface area contributed by atoms with E-state index in [1.807, 2.05) is 25.1 Å². The van der Waals surface area contributed by atoms with E-state index in [0.29, 0.717) is 6.61 Å². The topological polar surface area (TPSA) is 34.4 Å². The van der Waals surface area contributed by atoms with Gasteiger partial charge in [-0.05, 0) is 43.3 Å². The van der Waals surface area contributed by atoms with Crippen LogP contribution < -0.4 is 10.1 Å². The highest BCUT2D eigenvalue weighted by molar-refractivity contribution is 5.33. The van der Waals surface area contributed by atoms with Crippen molar-refractivity contribution in [3.63, 3.8) is 0 Å². The van der Waals surface area contributed by atoms with E-state index in [4.69, 9.17) is 9.15 Å². The van der Waals surface area contributed by atoms with E-state index >= 15 is 0 Å². The zero-order chi connectivity index (χ0) is 14.4. The van der Waals surface area contributed by atoms with Gasteiger partial charge in [0.05, 0.1) is 12.6 Å². The standard InChI is InChI=1S/C17H23NO2/c1-4-14-11-12-16(20-14)17(18-5-2)13-7-9-15(10-8-13)19-6-3/h7-12,17-18H,4-6H2,1-3H3. The van der Waals surface area contributed by atoms with Crippen LogP contribution in [-0.4, -0.2) is 13.2 Å². The molecule has 1 unspecified atom stereocenters. The number of hydrogen-bond acceptors (Lipinski definition) is 3. The van der Waals surface area contributed by atoms with E-state index < -0.39 is 0 Å². The van der Waals surface area contributed by atoms with E-state index in [0.717, 1.165) is 30.2 Å². The molecule has 2 rings (SSSR count). The maximum atomic E-state index is 5.89. The molecule has 20 heavy (non-hydrogen) atoms. The van der Waals surface area contributed by atoms with Crippen molar-refractivity contribution >= 4 is 0 Å². The Hall–Kier alpha value is -1.74. The summed E-state index contributed by atoms with van der Waals surface area (Å²) in [5, 5.41) is 3.47. The summed E-state index contributed by atoms with van der Waals surface area (Å²) >= 11 is 0. The summed E-state index contributed by atoms with van der Waals surface area (Å²) in [6.45, 7) is 7.77. The van der Waals surface area contributed by atoms with Crippen LogP contribution in [0.4, 0.5) is 0 Å². The van der Waals surface area contributed by atoms with E-state index in [2.05, 4.69) is 37.4 Å². The molecule has 0 amide bonds. The summed E-state index contributed by atoms with van der Waals surface area (Å²) in [5.74, 6) is 2.89. The maximum Gasteiger partial charge on any atom is 0.125 e. The van der Waals surface area contributed by atoms with Gasteiger partial charge in [-0.3, -0.25) is 0 Å². The van der Waals surface area contributed by atoms with E-state index in [1.165, 1.54) is 5.56 Å². The van der Waals surface area contributed by atoms with Crippen molar-refractivity contribution in [2.75, 3.05) is 13.2 Å². The molecular formula is C17H23NO2. The van der Waals surface area contributed by atoms with Gasteiger partial charge in [0.15, 0.2) is 0 Å². The second-order valence-corrected chi connectivity index (χ2v) is 4.65. The third-order valence-electron chi connectivity index (χ3n) is 3.25. The van der Waals surface area contributed by atoms with Crippen LogP contribution in [0.1, 0.15) is 43.9 Å². The van der Waals surface area contributed by atoms with Crippen molar-refractivity contribution < 1.29 is 9.15 Å². The number of rotatable bonds is 7. The molecule has 0 bridgehead atoms. The summed E-state index contributed by atoms with van der Waals surface area (Å²) in [6, 6.07) is 12.4. The quantitative estimate of drug-likeness (QED) is 0.829. The molecule has 0 aliphatic heterocycles. The zero-order valence-corrected chi connectivity index (χ0v) is 12.5. The molecule has 0 saturated carbocycles. The van der Waals surface area contributed by atoms with Crippen LogP contribution in [0.25, 0.3) is 0 Å². The van der Waals surface area contributed by atoms with E-state index in [-0.39, 0.29) is 6.04 Å². The Morgan fingerprint density at radius 3 is 2.35 bits per heavy atom. The third-order valence-corrected chi connectivity index (χ3v) is 3.25. The summed E-state index contributed by atoms with van der Waals surface area (Å²) in [6.07, 6.45) is 0.919. The average molecular weight is 273 g/mol. The minimum absolute atomic E-state index is 0.0935. The molecule has 1 aromatic carbocycles. The Morgan fingerprint density at radius 2 is 1.80 bits per heavy atom. The lowest BCUT2D eigenvalue weighted by molar-refractivity contribution is 0.340. The molecule has 0 fully saturated rings. The van der Waals surface area contributed by atoms with Gasteiger partial charge in [0, 0.05) is 6.42 Å². The molecule has 0 aliphatic rings. The molecule has 0 aliphatic carbocycles. The number of ether oxygens (including phenoxy) is 1. The van der Waals surface area contributed by atoms with Crippen molar-refractivity contribution in [3.05, 3.63) is 53.5 Å². The lowest BCUT2D eigenvalue weighted by atomic mass is 10.0. The molecular weight excluding hydrogens is 250 g/mol. The van der Waals surface area contributed by atoms with Crippen LogP contribution in [0.15, 0.2) is 40.8 Å². The SMILES string of the molecule is CCNC(c1ccc(OCC)cc1)c1ccc(CC)o1.